The van der Waals surface area contributed by atoms with Gasteiger partial charge in [-0.05, 0) is 80.2 Å². The van der Waals surface area contributed by atoms with Gasteiger partial charge >= 0.3 is 0 Å². The van der Waals surface area contributed by atoms with Gasteiger partial charge in [-0.25, -0.2) is 19.6 Å². The summed E-state index contributed by atoms with van der Waals surface area (Å²) >= 11 is 8.49. The number of carbonyl (C=O) groups excluding carboxylic acids is 3. The molecule has 3 amide bonds. The van der Waals surface area contributed by atoms with Gasteiger partial charge in [-0.3, -0.25) is 24.0 Å². The molecule has 0 spiro atoms. The molecular formula is C52H70ClN15O4S. The molecule has 21 heteroatoms. The van der Waals surface area contributed by atoms with Crippen LogP contribution in [0.25, 0.3) is 11.3 Å². The van der Waals surface area contributed by atoms with Gasteiger partial charge in [-0.1, -0.05) is 73.6 Å². The molecule has 0 radical (unpaired) electrons. The van der Waals surface area contributed by atoms with Crippen LogP contribution in [0.5, 0.6) is 0 Å². The molecule has 4 aliphatic rings. The number of hydrogen-bond donors (Lipinski definition) is 3. The van der Waals surface area contributed by atoms with Crippen molar-refractivity contribution in [1.82, 2.24) is 59.7 Å². The number of carbonyl (C=O) groups is 3. The maximum Gasteiger partial charge on any atom is 0.248 e. The molecule has 5 aromatic rings. The number of aliphatic hydroxyl groups excluding tert-OH is 1. The fourth-order valence-corrected chi connectivity index (χ4v) is 11.8. The molecule has 4 aliphatic heterocycles. The first-order valence-electron chi connectivity index (χ1n) is 25.8. The number of halogens is 1. The largest absolute Gasteiger partial charge is 0.391 e. The highest BCUT2D eigenvalue weighted by Gasteiger charge is 2.43. The number of benzene rings is 1. The molecule has 73 heavy (non-hydrogen) atoms. The zero-order valence-electron chi connectivity index (χ0n) is 42.7. The predicted octanol–water partition coefficient (Wildman–Crippen LogP) is 5.01. The normalized spacial score (nSPS) is 20.7. The van der Waals surface area contributed by atoms with Crippen molar-refractivity contribution in [3.05, 3.63) is 83.7 Å². The van der Waals surface area contributed by atoms with E-state index in [0.29, 0.717) is 82.3 Å². The van der Waals surface area contributed by atoms with Crippen LogP contribution < -0.4 is 20.9 Å². The van der Waals surface area contributed by atoms with Crippen LogP contribution >= 0.6 is 23.4 Å². The van der Waals surface area contributed by atoms with Crippen LogP contribution in [-0.4, -0.2) is 161 Å². The minimum atomic E-state index is -0.854. The van der Waals surface area contributed by atoms with Crippen molar-refractivity contribution in [2.75, 3.05) is 81.8 Å². The molecule has 390 valence electrons. The average Bonchev–Trinajstić information content (AvgIpc) is 4.15. The number of β-amino-alcohol motifs (C(OH)–C–C–N with tert-alkyl or cyclic N) is 1. The number of anilines is 2. The Balaban J connectivity index is 0.785. The van der Waals surface area contributed by atoms with Crippen LogP contribution in [0.2, 0.25) is 5.02 Å². The predicted molar refractivity (Wildman–Crippen MR) is 281 cm³/mol. The van der Waals surface area contributed by atoms with E-state index in [2.05, 4.69) is 47.3 Å². The summed E-state index contributed by atoms with van der Waals surface area (Å²) in [6.45, 7) is 15.2. The molecule has 0 saturated carbocycles. The minimum absolute atomic E-state index is 0.0566. The number of rotatable bonds is 16. The summed E-state index contributed by atoms with van der Waals surface area (Å²) in [6, 6.07) is 10.1. The zero-order chi connectivity index (χ0) is 51.4. The Morgan fingerprint density at radius 3 is 2.30 bits per heavy atom. The summed E-state index contributed by atoms with van der Waals surface area (Å²) in [7, 11) is 1.90. The molecule has 4 atom stereocenters. The molecule has 8 heterocycles. The van der Waals surface area contributed by atoms with Gasteiger partial charge in [-0.2, -0.15) is 5.10 Å². The molecule has 4 saturated heterocycles. The third kappa shape index (κ3) is 12.0. The molecule has 0 aliphatic carbocycles. The Morgan fingerprint density at radius 2 is 1.67 bits per heavy atom. The second kappa shape index (κ2) is 22.8. The number of piperidine rings is 2. The van der Waals surface area contributed by atoms with Crippen molar-refractivity contribution in [3.63, 3.8) is 0 Å². The van der Waals surface area contributed by atoms with Gasteiger partial charge in [0.1, 0.15) is 28.7 Å². The summed E-state index contributed by atoms with van der Waals surface area (Å²) in [5, 5.41) is 28.1. The summed E-state index contributed by atoms with van der Waals surface area (Å²) in [4.78, 5) is 67.9. The number of pyridine rings is 1. The number of amides is 3. The lowest BCUT2D eigenvalue weighted by Gasteiger charge is -2.39. The number of likely N-dealkylation sites (tertiary alicyclic amines) is 1. The first-order chi connectivity index (χ1) is 35.2. The third-order valence-corrected chi connectivity index (χ3v) is 16.9. The maximum absolute atomic E-state index is 14.4. The van der Waals surface area contributed by atoms with E-state index in [1.807, 2.05) is 80.0 Å². The van der Waals surface area contributed by atoms with Gasteiger partial charge in [0, 0.05) is 108 Å². The van der Waals surface area contributed by atoms with Crippen molar-refractivity contribution >= 4 is 52.7 Å². The Hall–Kier alpha value is -5.67. The molecular weight excluding hydrogens is 966 g/mol. The number of nitrogens with zero attached hydrogens (tertiary/aromatic N) is 13. The fourth-order valence-electron chi connectivity index (χ4n) is 10.7. The maximum atomic E-state index is 14.4. The summed E-state index contributed by atoms with van der Waals surface area (Å²) in [6.07, 6.45) is 12.3. The van der Waals surface area contributed by atoms with E-state index in [1.165, 1.54) is 16.7 Å². The lowest BCUT2D eigenvalue weighted by atomic mass is 9.80. The number of piperazine rings is 1. The Morgan fingerprint density at radius 1 is 0.932 bits per heavy atom. The smallest absolute Gasteiger partial charge is 0.248 e. The standard InChI is InChI=1S/C52H70ClN15O4S/c1-34(2)47(68-31-35(3)60-61-68)51(72)67-32-39(69)28-42(67)49(70)59-40(36-6-8-37(9-7-36)41-10-18-58-62(41)5)14-19-63-24-26-66(27-25-63)50(71)38-12-20-65(21-13-38)48-46(53)43(11-17-55-48)73-45-30-56-44(29-57-45)64-22-15-52(4,33-54)16-23-64/h6-11,17-18,29-31,34,38-40,42,47,69H,12-16,19-28,32-33,54H2,1-5H3,(H,59,70)/t39-,40+,42+,47+/m1/s1. The molecule has 0 unspecified atom stereocenters. The number of nitrogens with one attached hydrogen (secondary N) is 1. The van der Waals surface area contributed by atoms with E-state index in [9.17, 15) is 19.5 Å². The lowest BCUT2D eigenvalue weighted by Crippen LogP contribution is -2.52. The highest BCUT2D eigenvalue weighted by atomic mass is 35.5. The molecule has 9 rings (SSSR count). The van der Waals surface area contributed by atoms with Gasteiger partial charge < -0.3 is 35.8 Å². The zero-order valence-corrected chi connectivity index (χ0v) is 44.3. The SMILES string of the molecule is Cc1cn([C@H](C(=O)N2C[C@H](O)C[C@H]2C(=O)N[C@@H](CCN2CCN(C(=O)C3CCN(c4nccc(Sc5cnc(N6CCC(C)(CN)CC6)cn5)c4Cl)CC3)CC2)c2ccc(-c3ccnn3C)cc2)C(C)C)nn1. The average molecular weight is 1040 g/mol. The van der Waals surface area contributed by atoms with E-state index < -0.39 is 18.2 Å². The number of aromatic nitrogens is 8. The van der Waals surface area contributed by atoms with Crippen LogP contribution in [-0.2, 0) is 21.4 Å². The van der Waals surface area contributed by atoms with E-state index >= 15 is 0 Å². The molecule has 0 bridgehead atoms. The second-order valence-corrected chi connectivity index (χ2v) is 22.4. The second-order valence-electron chi connectivity index (χ2n) is 20.9. The van der Waals surface area contributed by atoms with E-state index in [0.717, 1.165) is 64.3 Å². The highest BCUT2D eigenvalue weighted by molar-refractivity contribution is 7.99. The fraction of sp³-hybridized carbons (Fsp3) is 0.558. The van der Waals surface area contributed by atoms with Gasteiger partial charge in [-0.15, -0.1) is 5.10 Å². The number of nitrogens with two attached hydrogens (primary N) is 1. The monoisotopic (exact) mass is 1040 g/mol. The molecule has 4 N–H and O–H groups in total. The van der Waals surface area contributed by atoms with Crippen LogP contribution in [0.1, 0.15) is 82.6 Å². The molecule has 1 aromatic carbocycles. The van der Waals surface area contributed by atoms with E-state index in [-0.39, 0.29) is 54.0 Å². The molecule has 4 fully saturated rings. The van der Waals surface area contributed by atoms with Crippen LogP contribution in [0.4, 0.5) is 11.6 Å². The van der Waals surface area contributed by atoms with Crippen LogP contribution in [0.15, 0.2) is 77.3 Å². The number of hydrogen-bond acceptors (Lipinski definition) is 15. The summed E-state index contributed by atoms with van der Waals surface area (Å²) in [5.41, 5.74) is 9.79. The van der Waals surface area contributed by atoms with Gasteiger partial charge in [0.2, 0.25) is 17.7 Å². The summed E-state index contributed by atoms with van der Waals surface area (Å²) < 4.78 is 3.38. The van der Waals surface area contributed by atoms with Crippen molar-refractivity contribution in [2.45, 2.75) is 100 Å². The van der Waals surface area contributed by atoms with Crippen molar-refractivity contribution < 1.29 is 19.5 Å². The van der Waals surface area contributed by atoms with Gasteiger partial charge in [0.15, 0.2) is 0 Å². The van der Waals surface area contributed by atoms with Crippen molar-refractivity contribution in [2.24, 2.45) is 30.0 Å². The van der Waals surface area contributed by atoms with Crippen molar-refractivity contribution in [1.29, 1.82) is 0 Å². The van der Waals surface area contributed by atoms with Crippen LogP contribution in [0, 0.1) is 24.2 Å². The quantitative estimate of drug-likeness (QED) is 0.119. The third-order valence-electron chi connectivity index (χ3n) is 15.4. The van der Waals surface area contributed by atoms with Crippen molar-refractivity contribution in [3.8, 4) is 11.3 Å². The van der Waals surface area contributed by atoms with Gasteiger partial charge in [0.05, 0.1) is 40.9 Å². The lowest BCUT2D eigenvalue weighted by molar-refractivity contribution is -0.142. The molecule has 4 aromatic heterocycles. The highest BCUT2D eigenvalue weighted by Crippen LogP contribution is 2.39. The number of aliphatic hydroxyl groups is 1. The molecule has 19 nitrogen and oxygen atoms in total. The summed E-state index contributed by atoms with van der Waals surface area (Å²) in [5.74, 6) is 0.988. The first-order valence-corrected chi connectivity index (χ1v) is 27.0. The Kier molecular flexibility index (Phi) is 16.3. The minimum Gasteiger partial charge on any atom is -0.391 e. The Labute approximate surface area is 437 Å². The number of aryl methyl sites for hydroxylation is 2. The van der Waals surface area contributed by atoms with E-state index in [1.54, 1.807) is 29.5 Å². The Bertz CT molecular complexity index is 2680. The van der Waals surface area contributed by atoms with Gasteiger partial charge in [0.25, 0.3) is 0 Å². The van der Waals surface area contributed by atoms with E-state index in [4.69, 9.17) is 27.3 Å². The first kappa shape index (κ1) is 52.2. The van der Waals surface area contributed by atoms with Crippen LogP contribution in [0.3, 0.4) is 0 Å². The topological polar surface area (TPSA) is 213 Å².